The largest absolute Gasteiger partial charge is 0.329 e. The molecule has 1 aliphatic carbocycles. The van der Waals surface area contributed by atoms with Crippen LogP contribution in [0.5, 0.6) is 0 Å². The van der Waals surface area contributed by atoms with Crippen molar-refractivity contribution in [3.8, 4) is 0 Å². The zero-order chi connectivity index (χ0) is 13.6. The summed E-state index contributed by atoms with van der Waals surface area (Å²) in [5, 5.41) is 0. The van der Waals surface area contributed by atoms with Crippen LogP contribution in [0.1, 0.15) is 46.0 Å². The van der Waals surface area contributed by atoms with E-state index >= 15 is 0 Å². The molecule has 1 fully saturated rings. The molecule has 0 bridgehead atoms. The van der Waals surface area contributed by atoms with Crippen molar-refractivity contribution in [2.45, 2.75) is 52.0 Å². The van der Waals surface area contributed by atoms with Crippen LogP contribution in [-0.2, 0) is 10.2 Å². The molecular formula is C12H27N3O2S. The fraction of sp³-hybridized carbons (Fsp3) is 1.00. The average Bonchev–Trinajstić information content (AvgIpc) is 2.38. The van der Waals surface area contributed by atoms with Gasteiger partial charge in [0, 0.05) is 32.2 Å². The quantitative estimate of drug-likeness (QED) is 0.759. The number of hydrogen-bond donors (Lipinski definition) is 1. The number of hydrogen-bond acceptors (Lipinski definition) is 3. The highest BCUT2D eigenvalue weighted by Gasteiger charge is 2.33. The highest BCUT2D eigenvalue weighted by Crippen LogP contribution is 2.25. The molecule has 0 aromatic rings. The van der Waals surface area contributed by atoms with E-state index in [1.807, 2.05) is 13.8 Å². The van der Waals surface area contributed by atoms with Crippen LogP contribution < -0.4 is 5.73 Å². The molecule has 5 nitrogen and oxygen atoms in total. The highest BCUT2D eigenvalue weighted by atomic mass is 32.2. The van der Waals surface area contributed by atoms with Crippen molar-refractivity contribution in [2.75, 3.05) is 26.2 Å². The van der Waals surface area contributed by atoms with Crippen molar-refractivity contribution in [1.82, 2.24) is 8.61 Å². The molecule has 2 N–H and O–H groups in total. The summed E-state index contributed by atoms with van der Waals surface area (Å²) in [6.07, 6.45) is 5.41. The van der Waals surface area contributed by atoms with Gasteiger partial charge in [-0.15, -0.1) is 0 Å². The maximum atomic E-state index is 12.6. The van der Waals surface area contributed by atoms with Crippen molar-refractivity contribution >= 4 is 10.2 Å². The predicted octanol–water partition coefficient (Wildman–Crippen LogP) is 1.17. The molecule has 0 saturated heterocycles. The standard InChI is InChI=1S/C12H27N3O2S/c1-3-14(4-2)18(16,17)15(11-10-13)12-8-6-5-7-9-12/h12H,3-11,13H2,1-2H3. The normalized spacial score (nSPS) is 18.7. The molecule has 0 atom stereocenters. The molecule has 1 saturated carbocycles. The van der Waals surface area contributed by atoms with Crippen molar-refractivity contribution in [3.63, 3.8) is 0 Å². The van der Waals surface area contributed by atoms with Gasteiger partial charge in [0.05, 0.1) is 0 Å². The predicted molar refractivity (Wildman–Crippen MR) is 74.5 cm³/mol. The lowest BCUT2D eigenvalue weighted by atomic mass is 9.95. The Balaban J connectivity index is 2.88. The molecule has 1 rings (SSSR count). The van der Waals surface area contributed by atoms with E-state index < -0.39 is 10.2 Å². The van der Waals surface area contributed by atoms with E-state index in [0.29, 0.717) is 26.2 Å². The van der Waals surface area contributed by atoms with Crippen molar-refractivity contribution in [1.29, 1.82) is 0 Å². The molecule has 0 radical (unpaired) electrons. The first-order chi connectivity index (χ1) is 8.57. The molecule has 0 aromatic carbocycles. The molecule has 0 aliphatic heterocycles. The number of nitrogens with zero attached hydrogens (tertiary/aromatic N) is 2. The van der Waals surface area contributed by atoms with E-state index in [1.165, 1.54) is 10.7 Å². The molecule has 0 amide bonds. The summed E-state index contributed by atoms with van der Waals surface area (Å²) >= 11 is 0. The molecule has 0 aromatic heterocycles. The molecular weight excluding hydrogens is 250 g/mol. The molecule has 1 aliphatic rings. The first-order valence-electron chi connectivity index (χ1n) is 7.04. The topological polar surface area (TPSA) is 66.6 Å². The SMILES string of the molecule is CCN(CC)S(=O)(=O)N(CCN)C1CCCCC1. The first-order valence-corrected chi connectivity index (χ1v) is 8.44. The maximum absolute atomic E-state index is 12.6. The van der Waals surface area contributed by atoms with E-state index in [4.69, 9.17) is 5.73 Å². The Labute approximate surface area is 112 Å². The Morgan fingerprint density at radius 2 is 1.67 bits per heavy atom. The van der Waals surface area contributed by atoms with Gasteiger partial charge in [0.15, 0.2) is 0 Å². The van der Waals surface area contributed by atoms with Gasteiger partial charge in [0.1, 0.15) is 0 Å². The smallest absolute Gasteiger partial charge is 0.282 e. The number of nitrogens with two attached hydrogens (primary N) is 1. The molecule has 0 spiro atoms. The lowest BCUT2D eigenvalue weighted by molar-refractivity contribution is 0.239. The van der Waals surface area contributed by atoms with Crippen LogP contribution in [-0.4, -0.2) is 49.2 Å². The molecule has 18 heavy (non-hydrogen) atoms. The van der Waals surface area contributed by atoms with Gasteiger partial charge in [-0.3, -0.25) is 0 Å². The second kappa shape index (κ2) is 7.43. The maximum Gasteiger partial charge on any atom is 0.282 e. The van der Waals surface area contributed by atoms with Gasteiger partial charge < -0.3 is 5.73 Å². The van der Waals surface area contributed by atoms with Crippen molar-refractivity contribution < 1.29 is 8.42 Å². The Morgan fingerprint density at radius 1 is 1.11 bits per heavy atom. The summed E-state index contributed by atoms with van der Waals surface area (Å²) in [4.78, 5) is 0. The van der Waals surface area contributed by atoms with Gasteiger partial charge in [0.25, 0.3) is 10.2 Å². The van der Waals surface area contributed by atoms with Gasteiger partial charge in [-0.2, -0.15) is 17.0 Å². The Bertz CT molecular complexity index is 322. The van der Waals surface area contributed by atoms with Gasteiger partial charge in [-0.1, -0.05) is 33.1 Å². The van der Waals surface area contributed by atoms with E-state index in [9.17, 15) is 8.42 Å². The molecule has 0 unspecified atom stereocenters. The van der Waals surface area contributed by atoms with Gasteiger partial charge in [-0.05, 0) is 12.8 Å². The van der Waals surface area contributed by atoms with Crippen LogP contribution >= 0.6 is 0 Å². The summed E-state index contributed by atoms with van der Waals surface area (Å²) in [6, 6.07) is 0.146. The van der Waals surface area contributed by atoms with Crippen molar-refractivity contribution in [2.24, 2.45) is 5.73 Å². The second-order valence-electron chi connectivity index (χ2n) is 4.78. The molecule has 0 heterocycles. The summed E-state index contributed by atoms with van der Waals surface area (Å²) in [6.45, 7) is 5.62. The summed E-state index contributed by atoms with van der Waals surface area (Å²) in [5.41, 5.74) is 5.59. The van der Waals surface area contributed by atoms with Crippen LogP contribution in [0.15, 0.2) is 0 Å². The van der Waals surface area contributed by atoms with Crippen LogP contribution in [0.3, 0.4) is 0 Å². The summed E-state index contributed by atoms with van der Waals surface area (Å²) in [7, 11) is -3.34. The third kappa shape index (κ3) is 3.66. The Morgan fingerprint density at radius 3 is 2.11 bits per heavy atom. The summed E-state index contributed by atoms with van der Waals surface area (Å²) < 4.78 is 28.3. The lowest BCUT2D eigenvalue weighted by Crippen LogP contribution is -2.50. The minimum Gasteiger partial charge on any atom is -0.329 e. The van der Waals surface area contributed by atoms with Crippen molar-refractivity contribution in [3.05, 3.63) is 0 Å². The van der Waals surface area contributed by atoms with E-state index in [2.05, 4.69) is 0 Å². The van der Waals surface area contributed by atoms with Gasteiger partial charge in [0.2, 0.25) is 0 Å². The van der Waals surface area contributed by atoms with Gasteiger partial charge in [-0.25, -0.2) is 0 Å². The second-order valence-corrected chi connectivity index (χ2v) is 6.66. The minimum absolute atomic E-state index is 0.146. The fourth-order valence-corrected chi connectivity index (χ4v) is 4.55. The lowest BCUT2D eigenvalue weighted by Gasteiger charge is -2.36. The van der Waals surface area contributed by atoms with Gasteiger partial charge >= 0.3 is 0 Å². The molecule has 6 heteroatoms. The third-order valence-corrected chi connectivity index (χ3v) is 5.90. The van der Waals surface area contributed by atoms with Crippen LogP contribution in [0.4, 0.5) is 0 Å². The monoisotopic (exact) mass is 277 g/mol. The zero-order valence-corrected chi connectivity index (χ0v) is 12.5. The zero-order valence-electron chi connectivity index (χ0n) is 11.6. The highest BCUT2D eigenvalue weighted by molar-refractivity contribution is 7.86. The van der Waals surface area contributed by atoms with Crippen LogP contribution in [0, 0.1) is 0 Å². The minimum atomic E-state index is -3.34. The van der Waals surface area contributed by atoms with E-state index in [1.54, 1.807) is 4.31 Å². The van der Waals surface area contributed by atoms with Crippen LogP contribution in [0.2, 0.25) is 0 Å². The third-order valence-electron chi connectivity index (χ3n) is 3.66. The number of rotatable bonds is 7. The van der Waals surface area contributed by atoms with E-state index in [-0.39, 0.29) is 6.04 Å². The summed E-state index contributed by atoms with van der Waals surface area (Å²) in [5.74, 6) is 0. The average molecular weight is 277 g/mol. The molecule has 108 valence electrons. The first kappa shape index (κ1) is 15.9. The fourth-order valence-electron chi connectivity index (χ4n) is 2.68. The Kier molecular flexibility index (Phi) is 6.55. The van der Waals surface area contributed by atoms with Crippen LogP contribution in [0.25, 0.3) is 0 Å². The van der Waals surface area contributed by atoms with E-state index in [0.717, 1.165) is 25.7 Å². The Hall–Kier alpha value is -0.170.